The van der Waals surface area contributed by atoms with Crippen LogP contribution in [0.15, 0.2) is 54.7 Å². The highest BCUT2D eigenvalue weighted by Crippen LogP contribution is 2.33. The molecule has 0 atom stereocenters. The average molecular weight is 373 g/mol. The van der Waals surface area contributed by atoms with Crippen LogP contribution in [-0.4, -0.2) is 29.9 Å². The molecule has 0 aliphatic carbocycles. The van der Waals surface area contributed by atoms with Gasteiger partial charge >= 0.3 is 6.18 Å². The Morgan fingerprint density at radius 2 is 1.81 bits per heavy atom. The summed E-state index contributed by atoms with van der Waals surface area (Å²) >= 11 is 0. The van der Waals surface area contributed by atoms with Crippen molar-refractivity contribution in [1.29, 1.82) is 0 Å². The molecule has 3 aromatic rings. The largest absolute Gasteiger partial charge is 0.416 e. The lowest BCUT2D eigenvalue weighted by Crippen LogP contribution is -2.23. The van der Waals surface area contributed by atoms with Gasteiger partial charge in [0.25, 0.3) is 0 Å². The van der Waals surface area contributed by atoms with Crippen LogP contribution in [0.5, 0.6) is 0 Å². The Morgan fingerprint density at radius 3 is 2.52 bits per heavy atom. The van der Waals surface area contributed by atoms with Crippen molar-refractivity contribution in [2.45, 2.75) is 12.6 Å². The van der Waals surface area contributed by atoms with E-state index in [-0.39, 0.29) is 17.8 Å². The van der Waals surface area contributed by atoms with E-state index >= 15 is 0 Å². The van der Waals surface area contributed by atoms with Gasteiger partial charge in [0, 0.05) is 37.1 Å². The lowest BCUT2D eigenvalue weighted by atomic mass is 10.1. The molecule has 4 nitrogen and oxygen atoms in total. The van der Waals surface area contributed by atoms with E-state index in [4.69, 9.17) is 0 Å². The number of aromatic nitrogens is 1. The van der Waals surface area contributed by atoms with Crippen LogP contribution in [0.25, 0.3) is 10.9 Å². The Labute approximate surface area is 154 Å². The molecule has 0 unspecified atom stereocenters. The summed E-state index contributed by atoms with van der Waals surface area (Å²) in [6.07, 6.45) is -2.74. The molecule has 0 fully saturated rings. The number of alkyl halides is 3. The molecule has 1 N–H and O–H groups in total. The zero-order valence-electron chi connectivity index (χ0n) is 14.8. The molecule has 3 rings (SSSR count). The Kier molecular flexibility index (Phi) is 5.03. The highest BCUT2D eigenvalue weighted by atomic mass is 19.4. The molecule has 0 spiro atoms. The third kappa shape index (κ3) is 4.19. The zero-order valence-corrected chi connectivity index (χ0v) is 14.8. The Bertz CT molecular complexity index is 984. The molecule has 0 aliphatic rings. The van der Waals surface area contributed by atoms with Crippen LogP contribution in [0.3, 0.4) is 0 Å². The summed E-state index contributed by atoms with van der Waals surface area (Å²) in [5.41, 5.74) is 1.65. The molecule has 7 heteroatoms. The van der Waals surface area contributed by atoms with E-state index in [1.165, 1.54) is 17.2 Å². The van der Waals surface area contributed by atoms with Gasteiger partial charge < -0.3 is 10.2 Å². The molecule has 0 saturated heterocycles. The fourth-order valence-electron chi connectivity index (χ4n) is 2.70. The van der Waals surface area contributed by atoms with E-state index in [1.807, 2.05) is 24.3 Å². The number of carbonyl (C=O) groups is 1. The number of fused-ring (bicyclic) bond motifs is 1. The highest BCUT2D eigenvalue weighted by Gasteiger charge is 2.30. The molecule has 1 aromatic heterocycles. The lowest BCUT2D eigenvalue weighted by Gasteiger charge is -2.16. The number of pyridine rings is 1. The molecule has 27 heavy (non-hydrogen) atoms. The third-order valence-corrected chi connectivity index (χ3v) is 4.20. The molecule has 0 radical (unpaired) electrons. The van der Waals surface area contributed by atoms with E-state index in [0.717, 1.165) is 23.4 Å². The van der Waals surface area contributed by atoms with Gasteiger partial charge in [-0.05, 0) is 29.8 Å². The summed E-state index contributed by atoms with van der Waals surface area (Å²) in [4.78, 5) is 17.6. The SMILES string of the molecule is CN(C)C(=O)Cc1ccccc1Nc1ccnc2cc(C(F)(F)F)ccc12. The number of nitrogens with zero attached hydrogens (tertiary/aromatic N) is 2. The Morgan fingerprint density at radius 1 is 1.07 bits per heavy atom. The normalized spacial score (nSPS) is 11.4. The minimum Gasteiger partial charge on any atom is -0.355 e. The molecule has 1 amide bonds. The van der Waals surface area contributed by atoms with Gasteiger partial charge in [-0.25, -0.2) is 0 Å². The van der Waals surface area contributed by atoms with Gasteiger partial charge in [0.15, 0.2) is 0 Å². The number of hydrogen-bond acceptors (Lipinski definition) is 3. The number of nitrogens with one attached hydrogen (secondary N) is 1. The first-order chi connectivity index (χ1) is 12.8. The molecule has 1 heterocycles. The van der Waals surface area contributed by atoms with Gasteiger partial charge in [0.1, 0.15) is 0 Å². The number of carbonyl (C=O) groups excluding carboxylic acids is 1. The fourth-order valence-corrected chi connectivity index (χ4v) is 2.70. The molecule has 0 saturated carbocycles. The van der Waals surface area contributed by atoms with Crippen molar-refractivity contribution in [2.24, 2.45) is 0 Å². The van der Waals surface area contributed by atoms with Crippen molar-refractivity contribution >= 4 is 28.2 Å². The quantitative estimate of drug-likeness (QED) is 0.725. The van der Waals surface area contributed by atoms with Crippen molar-refractivity contribution < 1.29 is 18.0 Å². The number of amides is 1. The number of benzene rings is 2. The van der Waals surface area contributed by atoms with Crippen molar-refractivity contribution in [3.05, 3.63) is 65.9 Å². The maximum Gasteiger partial charge on any atom is 0.416 e. The summed E-state index contributed by atoms with van der Waals surface area (Å²) in [6.45, 7) is 0. The van der Waals surface area contributed by atoms with Crippen LogP contribution in [0.1, 0.15) is 11.1 Å². The molecule has 0 bridgehead atoms. The summed E-state index contributed by atoms with van der Waals surface area (Å²) in [7, 11) is 3.37. The average Bonchev–Trinajstić information content (AvgIpc) is 2.62. The second-order valence-corrected chi connectivity index (χ2v) is 6.34. The number of rotatable bonds is 4. The minimum atomic E-state index is -4.42. The second kappa shape index (κ2) is 7.26. The van der Waals surface area contributed by atoms with Crippen LogP contribution in [0.4, 0.5) is 24.5 Å². The predicted octanol–water partition coefficient (Wildman–Crippen LogP) is 4.63. The first-order valence-corrected chi connectivity index (χ1v) is 8.27. The van der Waals surface area contributed by atoms with E-state index in [0.29, 0.717) is 11.1 Å². The predicted molar refractivity (Wildman–Crippen MR) is 98.9 cm³/mol. The molecule has 2 aromatic carbocycles. The van der Waals surface area contributed by atoms with E-state index < -0.39 is 11.7 Å². The van der Waals surface area contributed by atoms with Crippen molar-refractivity contribution in [3.63, 3.8) is 0 Å². The summed E-state index contributed by atoms with van der Waals surface area (Å²) in [5.74, 6) is -0.0429. The van der Waals surface area contributed by atoms with Crippen LogP contribution < -0.4 is 5.32 Å². The molecule has 140 valence electrons. The fraction of sp³-hybridized carbons (Fsp3) is 0.200. The molecular weight excluding hydrogens is 355 g/mol. The highest BCUT2D eigenvalue weighted by molar-refractivity contribution is 5.93. The summed E-state index contributed by atoms with van der Waals surface area (Å²) in [5, 5.41) is 3.79. The van der Waals surface area contributed by atoms with Gasteiger partial charge in [0.2, 0.25) is 5.91 Å². The number of para-hydroxylation sites is 1. The van der Waals surface area contributed by atoms with Crippen molar-refractivity contribution in [3.8, 4) is 0 Å². The van der Waals surface area contributed by atoms with Crippen molar-refractivity contribution in [2.75, 3.05) is 19.4 Å². The smallest absolute Gasteiger partial charge is 0.355 e. The lowest BCUT2D eigenvalue weighted by molar-refractivity contribution is -0.137. The first kappa shape index (κ1) is 18.7. The maximum absolute atomic E-state index is 12.9. The van der Waals surface area contributed by atoms with Crippen LogP contribution >= 0.6 is 0 Å². The van der Waals surface area contributed by atoms with Crippen molar-refractivity contribution in [1.82, 2.24) is 9.88 Å². The Balaban J connectivity index is 1.97. The van der Waals surface area contributed by atoms with Gasteiger partial charge in [0.05, 0.1) is 17.5 Å². The minimum absolute atomic E-state index is 0.0429. The van der Waals surface area contributed by atoms with Gasteiger partial charge in [-0.2, -0.15) is 13.2 Å². The number of likely N-dealkylation sites (N-methyl/N-ethyl adjacent to an activating group) is 1. The van der Waals surface area contributed by atoms with Gasteiger partial charge in [-0.3, -0.25) is 9.78 Å². The van der Waals surface area contributed by atoms with E-state index in [9.17, 15) is 18.0 Å². The Hall–Kier alpha value is -3.09. The van der Waals surface area contributed by atoms with Crippen LogP contribution in [-0.2, 0) is 17.4 Å². The van der Waals surface area contributed by atoms with Gasteiger partial charge in [-0.15, -0.1) is 0 Å². The van der Waals surface area contributed by atoms with Crippen LogP contribution in [0, 0.1) is 0 Å². The third-order valence-electron chi connectivity index (χ3n) is 4.20. The summed E-state index contributed by atoms with van der Waals surface area (Å²) < 4.78 is 38.8. The molecule has 0 aliphatic heterocycles. The topological polar surface area (TPSA) is 45.2 Å². The van der Waals surface area contributed by atoms with E-state index in [2.05, 4.69) is 10.3 Å². The summed E-state index contributed by atoms with van der Waals surface area (Å²) in [6, 6.07) is 12.5. The van der Waals surface area contributed by atoms with Gasteiger partial charge in [-0.1, -0.05) is 24.3 Å². The first-order valence-electron chi connectivity index (χ1n) is 8.27. The number of halogens is 3. The zero-order chi connectivity index (χ0) is 19.6. The molecular formula is C20H18F3N3O. The monoisotopic (exact) mass is 373 g/mol. The van der Waals surface area contributed by atoms with E-state index in [1.54, 1.807) is 20.2 Å². The number of anilines is 2. The number of hydrogen-bond donors (Lipinski definition) is 1. The van der Waals surface area contributed by atoms with Crippen LogP contribution in [0.2, 0.25) is 0 Å². The maximum atomic E-state index is 12.9. The second-order valence-electron chi connectivity index (χ2n) is 6.34. The standard InChI is InChI=1S/C20H18F3N3O/c1-26(2)19(27)11-13-5-3-4-6-16(13)25-17-9-10-24-18-12-14(20(21,22)23)7-8-15(17)18/h3-10,12H,11H2,1-2H3,(H,24,25).